The Morgan fingerprint density at radius 2 is 2.00 bits per heavy atom. The molecule has 0 aliphatic rings. The summed E-state index contributed by atoms with van der Waals surface area (Å²) in [5.74, 6) is 0.142. The maximum absolute atomic E-state index is 12.6. The normalized spacial score (nSPS) is 11.6. The van der Waals surface area contributed by atoms with Crippen LogP contribution >= 0.6 is 0 Å². The van der Waals surface area contributed by atoms with E-state index in [0.29, 0.717) is 33.8 Å². The van der Waals surface area contributed by atoms with Crippen LogP contribution in [-0.2, 0) is 0 Å². The van der Waals surface area contributed by atoms with Gasteiger partial charge in [-0.05, 0) is 51.5 Å². The molecule has 1 heterocycles. The number of aromatic amines is 1. The van der Waals surface area contributed by atoms with Gasteiger partial charge in [0.2, 0.25) is 5.78 Å². The highest BCUT2D eigenvalue weighted by atomic mass is 16.5. The maximum atomic E-state index is 12.6. The van der Waals surface area contributed by atoms with Crippen molar-refractivity contribution < 1.29 is 14.3 Å². The average Bonchev–Trinajstić information content (AvgIpc) is 2.81. The van der Waals surface area contributed by atoms with Crippen LogP contribution in [0.4, 0.5) is 0 Å². The Morgan fingerprint density at radius 1 is 1.30 bits per heavy atom. The van der Waals surface area contributed by atoms with Crippen LogP contribution in [0.3, 0.4) is 0 Å². The number of hydrogen-bond acceptors (Lipinski definition) is 4. The van der Waals surface area contributed by atoms with Gasteiger partial charge in [0.05, 0.1) is 17.3 Å². The molecule has 23 heavy (non-hydrogen) atoms. The zero-order valence-electron chi connectivity index (χ0n) is 13.6. The molecule has 118 valence electrons. The molecule has 2 rings (SSSR count). The number of aryl methyl sites for hydroxylation is 1. The molecule has 5 heteroatoms. The van der Waals surface area contributed by atoms with E-state index in [-0.39, 0.29) is 11.6 Å². The molecule has 1 atom stereocenters. The molecule has 0 aliphatic carbocycles. The lowest BCUT2D eigenvalue weighted by atomic mass is 10.0. The van der Waals surface area contributed by atoms with Crippen molar-refractivity contribution >= 4 is 11.6 Å². The molecule has 0 bridgehead atoms. The lowest BCUT2D eigenvalue weighted by molar-refractivity contribution is 0.0812. The summed E-state index contributed by atoms with van der Waals surface area (Å²) in [5, 5.41) is 8.90. The number of nitrogens with zero attached hydrogens (tertiary/aromatic N) is 1. The van der Waals surface area contributed by atoms with Gasteiger partial charge in [0.15, 0.2) is 11.9 Å². The number of ketones is 2. The molecule has 0 aliphatic heterocycles. The Kier molecular flexibility index (Phi) is 4.65. The van der Waals surface area contributed by atoms with Crippen LogP contribution in [0.25, 0.3) is 0 Å². The highest BCUT2D eigenvalue weighted by Gasteiger charge is 2.24. The number of aromatic nitrogens is 1. The molecule has 1 aromatic carbocycles. The third-order valence-electron chi connectivity index (χ3n) is 3.68. The summed E-state index contributed by atoms with van der Waals surface area (Å²) in [6.07, 6.45) is -0.736. The van der Waals surface area contributed by atoms with E-state index in [9.17, 15) is 9.59 Å². The van der Waals surface area contributed by atoms with E-state index in [1.807, 2.05) is 6.07 Å². The number of Topliss-reactive ketones (excluding diaryl/α,β-unsaturated/α-hetero) is 2. The Balaban J connectivity index is 2.25. The van der Waals surface area contributed by atoms with Gasteiger partial charge in [0.25, 0.3) is 0 Å². The molecule has 2 aromatic rings. The highest BCUT2D eigenvalue weighted by molar-refractivity contribution is 6.04. The van der Waals surface area contributed by atoms with E-state index >= 15 is 0 Å². The number of H-pyrrole nitrogens is 1. The molecule has 0 spiro atoms. The second-order valence-electron chi connectivity index (χ2n) is 5.45. The van der Waals surface area contributed by atoms with Gasteiger partial charge in [-0.1, -0.05) is 6.07 Å². The smallest absolute Gasteiger partial charge is 0.219 e. The van der Waals surface area contributed by atoms with Gasteiger partial charge in [-0.15, -0.1) is 0 Å². The number of carbonyl (C=O) groups is 2. The zero-order chi connectivity index (χ0) is 17.1. The first-order valence-electron chi connectivity index (χ1n) is 7.26. The predicted octanol–water partition coefficient (Wildman–Crippen LogP) is 3.36. The van der Waals surface area contributed by atoms with Crippen molar-refractivity contribution in [1.82, 2.24) is 4.98 Å². The number of rotatable bonds is 5. The largest absolute Gasteiger partial charge is 0.482 e. The van der Waals surface area contributed by atoms with E-state index < -0.39 is 6.10 Å². The second-order valence-corrected chi connectivity index (χ2v) is 5.45. The first-order valence-corrected chi connectivity index (χ1v) is 7.26. The van der Waals surface area contributed by atoms with Crippen LogP contribution in [-0.4, -0.2) is 22.7 Å². The van der Waals surface area contributed by atoms with Crippen LogP contribution in [0, 0.1) is 25.2 Å². The first-order chi connectivity index (χ1) is 10.8. The predicted molar refractivity (Wildman–Crippen MR) is 85.8 cm³/mol. The molecule has 0 saturated heterocycles. The second kappa shape index (κ2) is 6.49. The monoisotopic (exact) mass is 310 g/mol. The van der Waals surface area contributed by atoms with Crippen molar-refractivity contribution in [2.24, 2.45) is 0 Å². The first kappa shape index (κ1) is 16.5. The lowest BCUT2D eigenvalue weighted by Gasteiger charge is -2.13. The lowest BCUT2D eigenvalue weighted by Crippen LogP contribution is -2.25. The van der Waals surface area contributed by atoms with Gasteiger partial charge in [0.1, 0.15) is 5.75 Å². The minimum Gasteiger partial charge on any atom is -0.482 e. The van der Waals surface area contributed by atoms with Crippen molar-refractivity contribution in [3.05, 3.63) is 52.3 Å². The summed E-state index contributed by atoms with van der Waals surface area (Å²) in [6.45, 7) is 6.63. The van der Waals surface area contributed by atoms with E-state index in [0.717, 1.165) is 0 Å². The molecule has 0 radical (unpaired) electrons. The summed E-state index contributed by atoms with van der Waals surface area (Å²) in [7, 11) is 0. The third kappa shape index (κ3) is 3.32. The minimum absolute atomic E-state index is 0.0782. The topological polar surface area (TPSA) is 82.9 Å². The van der Waals surface area contributed by atoms with E-state index in [1.165, 1.54) is 6.92 Å². The Hall–Kier alpha value is -2.87. The Morgan fingerprint density at radius 3 is 2.57 bits per heavy atom. The van der Waals surface area contributed by atoms with Crippen LogP contribution in [0.2, 0.25) is 0 Å². The van der Waals surface area contributed by atoms with Gasteiger partial charge in [-0.2, -0.15) is 5.26 Å². The Labute approximate surface area is 134 Å². The number of nitrogens with one attached hydrogen (secondary N) is 1. The molecule has 1 aromatic heterocycles. The van der Waals surface area contributed by atoms with Crippen LogP contribution in [0.1, 0.15) is 51.5 Å². The molecule has 0 unspecified atom stereocenters. The van der Waals surface area contributed by atoms with Crippen LogP contribution < -0.4 is 4.74 Å². The third-order valence-corrected chi connectivity index (χ3v) is 3.68. The number of nitriles is 1. The van der Waals surface area contributed by atoms with Gasteiger partial charge in [-0.25, -0.2) is 0 Å². The quantitative estimate of drug-likeness (QED) is 0.858. The number of carbonyl (C=O) groups excluding carboxylic acids is 2. The zero-order valence-corrected chi connectivity index (χ0v) is 13.6. The maximum Gasteiger partial charge on any atom is 0.219 e. The number of hydrogen-bond donors (Lipinski definition) is 1. The van der Waals surface area contributed by atoms with Crippen LogP contribution in [0.15, 0.2) is 24.3 Å². The fourth-order valence-electron chi connectivity index (χ4n) is 2.62. The van der Waals surface area contributed by atoms with Gasteiger partial charge < -0.3 is 9.72 Å². The molecule has 1 N–H and O–H groups in total. The summed E-state index contributed by atoms with van der Waals surface area (Å²) in [4.78, 5) is 27.2. The highest BCUT2D eigenvalue weighted by Crippen LogP contribution is 2.21. The van der Waals surface area contributed by atoms with E-state index in [1.54, 1.807) is 45.0 Å². The Bertz CT molecular complexity index is 812. The summed E-state index contributed by atoms with van der Waals surface area (Å²) in [6, 6.07) is 8.66. The SMILES string of the molecule is CC(=O)c1c(C)[nH]c(C(=O)[C@@H](C)Oc2cccc(C#N)c2)c1C. The van der Waals surface area contributed by atoms with Gasteiger partial charge >= 0.3 is 0 Å². The van der Waals surface area contributed by atoms with Crippen molar-refractivity contribution in [3.63, 3.8) is 0 Å². The van der Waals surface area contributed by atoms with Crippen molar-refractivity contribution in [1.29, 1.82) is 5.26 Å². The van der Waals surface area contributed by atoms with Crippen molar-refractivity contribution in [3.8, 4) is 11.8 Å². The minimum atomic E-state index is -0.736. The summed E-state index contributed by atoms with van der Waals surface area (Å²) in [5.41, 5.74) is 2.72. The number of ether oxygens (including phenoxy) is 1. The fraction of sp³-hybridized carbons (Fsp3) is 0.278. The van der Waals surface area contributed by atoms with Crippen molar-refractivity contribution in [2.75, 3.05) is 0 Å². The molecule has 0 amide bonds. The van der Waals surface area contributed by atoms with Crippen molar-refractivity contribution in [2.45, 2.75) is 33.8 Å². The molecule has 0 saturated carbocycles. The standard InChI is InChI=1S/C18H18N2O3/c1-10-16(12(3)21)11(2)20-17(10)18(22)13(4)23-15-7-5-6-14(8-15)9-19/h5-8,13,20H,1-4H3/t13-/m1/s1. The molecule has 0 fully saturated rings. The summed E-state index contributed by atoms with van der Waals surface area (Å²) >= 11 is 0. The van der Waals surface area contributed by atoms with Gasteiger partial charge in [-0.3, -0.25) is 9.59 Å². The van der Waals surface area contributed by atoms with E-state index in [4.69, 9.17) is 10.00 Å². The molecular formula is C18H18N2O3. The average molecular weight is 310 g/mol. The molecule has 5 nitrogen and oxygen atoms in total. The van der Waals surface area contributed by atoms with Gasteiger partial charge in [0, 0.05) is 11.3 Å². The fourth-order valence-corrected chi connectivity index (χ4v) is 2.62. The molecular weight excluding hydrogens is 292 g/mol. The number of benzene rings is 1. The van der Waals surface area contributed by atoms with Crippen LogP contribution in [0.5, 0.6) is 5.75 Å². The summed E-state index contributed by atoms with van der Waals surface area (Å²) < 4.78 is 5.63. The van der Waals surface area contributed by atoms with E-state index in [2.05, 4.69) is 4.98 Å².